The van der Waals surface area contributed by atoms with Gasteiger partial charge in [0.2, 0.25) is 0 Å². The number of hydrogen-bond donors (Lipinski definition) is 0. The van der Waals surface area contributed by atoms with Crippen LogP contribution in [0.5, 0.6) is 0 Å². The minimum Gasteiger partial charge on any atom is -0.398 e. The molecular formula is C14H23BN2O2. The molecule has 1 aliphatic rings. The van der Waals surface area contributed by atoms with Crippen LogP contribution in [-0.4, -0.2) is 28.3 Å². The molecule has 1 aromatic rings. The highest BCUT2D eigenvalue weighted by atomic mass is 16.7. The highest BCUT2D eigenvalue weighted by Crippen LogP contribution is 2.36. The van der Waals surface area contributed by atoms with Crippen LogP contribution in [-0.2, 0) is 9.31 Å². The van der Waals surface area contributed by atoms with Gasteiger partial charge in [-0.05, 0) is 40.0 Å². The summed E-state index contributed by atoms with van der Waals surface area (Å²) < 4.78 is 97.4. The van der Waals surface area contributed by atoms with Crippen molar-refractivity contribution in [1.29, 1.82) is 0 Å². The maximum absolute atomic E-state index is 8.44. The Balaban J connectivity index is 2.77. The highest BCUT2D eigenvalue weighted by molar-refractivity contribution is 6.61. The zero-order chi connectivity index (χ0) is 23.7. The predicted molar refractivity (Wildman–Crippen MR) is 76.5 cm³/mol. The normalized spacial score (nSPS) is 34.7. The molecule has 0 spiro atoms. The highest BCUT2D eigenvalue weighted by Gasteiger charge is 2.52. The topological polar surface area (TPSA) is 44.2 Å². The standard InChI is InChI=1S/C14H23BN2O2/c1-7-10(2)11-8-16-9-12(17-11)15-18-13(3,4)14(5,6)19-15/h8-10H,7H2,1-6H3/i1D3,2D3,7D2,8D,9D,10D. The molecule has 5 heteroatoms. The summed E-state index contributed by atoms with van der Waals surface area (Å²) in [5.41, 5.74) is -3.13. The second-order valence-electron chi connectivity index (χ2n) is 5.27. The lowest BCUT2D eigenvalue weighted by Gasteiger charge is -2.32. The van der Waals surface area contributed by atoms with Crippen LogP contribution >= 0.6 is 0 Å². The van der Waals surface area contributed by atoms with E-state index in [0.29, 0.717) is 0 Å². The molecular weight excluding hydrogens is 239 g/mol. The van der Waals surface area contributed by atoms with Gasteiger partial charge in [-0.1, -0.05) is 13.7 Å². The van der Waals surface area contributed by atoms with E-state index in [0.717, 1.165) is 0 Å². The van der Waals surface area contributed by atoms with Crippen molar-refractivity contribution in [1.82, 2.24) is 9.97 Å². The fourth-order valence-electron chi connectivity index (χ4n) is 1.54. The first kappa shape index (κ1) is 5.82. The Labute approximate surface area is 131 Å². The van der Waals surface area contributed by atoms with E-state index in [4.69, 9.17) is 24.4 Å². The van der Waals surface area contributed by atoms with Gasteiger partial charge in [-0.25, -0.2) is 0 Å². The molecule has 104 valence electrons. The first-order valence-corrected chi connectivity index (χ1v) is 5.81. The van der Waals surface area contributed by atoms with Gasteiger partial charge in [-0.15, -0.1) is 0 Å². The van der Waals surface area contributed by atoms with E-state index in [2.05, 4.69) is 9.97 Å². The van der Waals surface area contributed by atoms with Crippen LogP contribution in [0, 0.1) is 0 Å². The monoisotopic (exact) mass is 273 g/mol. The number of rotatable bonds is 3. The Hall–Kier alpha value is -0.935. The van der Waals surface area contributed by atoms with Crippen LogP contribution in [0.1, 0.15) is 74.4 Å². The Morgan fingerprint density at radius 2 is 2.11 bits per heavy atom. The van der Waals surface area contributed by atoms with Crippen molar-refractivity contribution < 1.29 is 24.4 Å². The molecule has 1 unspecified atom stereocenters. The summed E-state index contributed by atoms with van der Waals surface area (Å²) in [5, 5.41) is 0. The summed E-state index contributed by atoms with van der Waals surface area (Å²) >= 11 is 0. The number of hydrogen-bond acceptors (Lipinski definition) is 4. The third-order valence-corrected chi connectivity index (χ3v) is 3.40. The molecule has 1 aliphatic heterocycles. The summed E-state index contributed by atoms with van der Waals surface area (Å²) in [7, 11) is -1.31. The summed E-state index contributed by atoms with van der Waals surface area (Å²) in [6.45, 7) is -0.196. The van der Waals surface area contributed by atoms with E-state index in [1.54, 1.807) is 27.7 Å². The van der Waals surface area contributed by atoms with Crippen molar-refractivity contribution in [3.8, 4) is 0 Å². The second-order valence-corrected chi connectivity index (χ2v) is 5.27. The van der Waals surface area contributed by atoms with Gasteiger partial charge >= 0.3 is 7.12 Å². The fraction of sp³-hybridized carbons (Fsp3) is 0.714. The summed E-state index contributed by atoms with van der Waals surface area (Å²) in [6, 6.07) is 0. The minimum absolute atomic E-state index is 0.373. The number of aromatic nitrogens is 2. The zero-order valence-corrected chi connectivity index (χ0v) is 11.3. The van der Waals surface area contributed by atoms with Gasteiger partial charge in [-0.3, -0.25) is 9.97 Å². The van der Waals surface area contributed by atoms with Crippen molar-refractivity contribution in [2.24, 2.45) is 0 Å². The molecule has 0 radical (unpaired) electrons. The number of nitrogens with zero attached hydrogens (tertiary/aromatic N) is 2. The molecule has 2 heterocycles. The summed E-state index contributed by atoms with van der Waals surface area (Å²) in [6.07, 6.45) is -5.21. The Bertz CT molecular complexity index is 824. The predicted octanol–water partition coefficient (Wildman–Crippen LogP) is 2.29. The van der Waals surface area contributed by atoms with Gasteiger partial charge in [0.05, 0.1) is 25.2 Å². The molecule has 0 aliphatic carbocycles. The third-order valence-electron chi connectivity index (χ3n) is 3.40. The lowest BCUT2D eigenvalue weighted by atomic mass is 9.85. The molecule has 1 fully saturated rings. The molecule has 19 heavy (non-hydrogen) atoms. The van der Waals surface area contributed by atoms with E-state index in [9.17, 15) is 0 Å². The first-order valence-electron chi connectivity index (χ1n) is 11.3. The molecule has 0 aromatic carbocycles. The van der Waals surface area contributed by atoms with E-state index >= 15 is 0 Å². The molecule has 4 nitrogen and oxygen atoms in total. The van der Waals surface area contributed by atoms with Crippen LogP contribution in [0.25, 0.3) is 0 Å². The van der Waals surface area contributed by atoms with Crippen LogP contribution < -0.4 is 5.59 Å². The molecule has 2 rings (SSSR count). The van der Waals surface area contributed by atoms with Gasteiger partial charge in [0.1, 0.15) is 0 Å². The minimum atomic E-state index is -3.63. The van der Waals surface area contributed by atoms with Crippen LogP contribution in [0.2, 0.25) is 0 Å². The largest absolute Gasteiger partial charge is 0.516 e. The van der Waals surface area contributed by atoms with Crippen LogP contribution in [0.3, 0.4) is 0 Å². The SMILES string of the molecule is [2H]c1nc([2H])c(C([2H])(C([2H])([2H])[2H])C([2H])([2H])C([2H])([2H])[2H])nc1B1OC(C)(C)C(C)(C)O1. The Kier molecular flexibility index (Phi) is 1.49. The van der Waals surface area contributed by atoms with Crippen LogP contribution in [0.15, 0.2) is 12.3 Å². The smallest absolute Gasteiger partial charge is 0.398 e. The van der Waals surface area contributed by atoms with Crippen molar-refractivity contribution in [2.45, 2.75) is 64.9 Å². The molecule has 0 saturated carbocycles. The van der Waals surface area contributed by atoms with Crippen molar-refractivity contribution in [2.75, 3.05) is 0 Å². The third kappa shape index (κ3) is 2.67. The van der Waals surface area contributed by atoms with Crippen molar-refractivity contribution in [3.05, 3.63) is 18.0 Å². The average Bonchev–Trinajstić information content (AvgIpc) is 2.72. The first-order chi connectivity index (χ1) is 13.1. The lowest BCUT2D eigenvalue weighted by molar-refractivity contribution is 0.00578. The second kappa shape index (κ2) is 4.87. The quantitative estimate of drug-likeness (QED) is 0.793. The van der Waals surface area contributed by atoms with Gasteiger partial charge in [0.25, 0.3) is 0 Å². The molecule has 1 aromatic heterocycles. The van der Waals surface area contributed by atoms with Gasteiger partial charge in [-0.2, -0.15) is 0 Å². The van der Waals surface area contributed by atoms with Gasteiger partial charge < -0.3 is 9.31 Å². The van der Waals surface area contributed by atoms with E-state index in [1.807, 2.05) is 0 Å². The van der Waals surface area contributed by atoms with Gasteiger partial charge in [0, 0.05) is 24.7 Å². The fourth-order valence-corrected chi connectivity index (χ4v) is 1.54. The molecule has 0 amide bonds. The summed E-state index contributed by atoms with van der Waals surface area (Å²) in [5.74, 6) is -3.48. The lowest BCUT2D eigenvalue weighted by Crippen LogP contribution is -2.41. The maximum Gasteiger partial charge on any atom is 0.516 e. The van der Waals surface area contributed by atoms with E-state index < -0.39 is 62.3 Å². The Morgan fingerprint density at radius 1 is 1.42 bits per heavy atom. The Morgan fingerprint density at radius 3 is 2.68 bits per heavy atom. The molecule has 0 N–H and O–H groups in total. The van der Waals surface area contributed by atoms with E-state index in [1.165, 1.54) is 0 Å². The van der Waals surface area contributed by atoms with Crippen LogP contribution in [0.4, 0.5) is 0 Å². The van der Waals surface area contributed by atoms with Gasteiger partial charge in [0.15, 0.2) is 0 Å². The average molecular weight is 273 g/mol. The van der Waals surface area contributed by atoms with Crippen molar-refractivity contribution in [3.63, 3.8) is 0 Å². The molecule has 1 atom stereocenters. The van der Waals surface area contributed by atoms with E-state index in [-0.39, 0.29) is 5.59 Å². The maximum atomic E-state index is 8.44. The zero-order valence-electron chi connectivity index (χ0n) is 22.3. The summed E-state index contributed by atoms with van der Waals surface area (Å²) in [4.78, 5) is 7.46. The van der Waals surface area contributed by atoms with Crippen molar-refractivity contribution >= 4 is 12.7 Å². The molecule has 0 bridgehead atoms. The molecule has 1 saturated heterocycles.